The van der Waals surface area contributed by atoms with Crippen molar-refractivity contribution in [2.45, 2.75) is 9.79 Å². The third-order valence-corrected chi connectivity index (χ3v) is 22.0. The molecule has 0 aliphatic rings. The molecule has 12 aromatic rings. The van der Waals surface area contributed by atoms with Gasteiger partial charge in [0.2, 0.25) is 0 Å². The van der Waals surface area contributed by atoms with Crippen LogP contribution in [-0.2, 0) is 0 Å². The van der Waals surface area contributed by atoms with Gasteiger partial charge in [0.1, 0.15) is 0 Å². The lowest BCUT2D eigenvalue weighted by Gasteiger charge is -1.90. The third kappa shape index (κ3) is 7.32. The third-order valence-electron chi connectivity index (χ3n) is 7.15. The predicted octanol–water partition coefficient (Wildman–Crippen LogP) is 19.0. The molecule has 12 rings (SSSR count). The molecule has 12 aromatic heterocycles. The van der Waals surface area contributed by atoms with Gasteiger partial charge in [-0.1, -0.05) is 11.8 Å². The molecule has 0 N–H and O–H groups in total. The number of halogens is 1. The number of fused-ring (bicyclic) bond motifs is 9. The Morgan fingerprint density at radius 3 is 1.14 bits per heavy atom. The highest BCUT2D eigenvalue weighted by atomic mass is 79.9. The highest BCUT2D eigenvalue weighted by Gasteiger charge is 2.16. The molecule has 0 bridgehead atoms. The van der Waals surface area contributed by atoms with E-state index in [1.165, 1.54) is 80.4 Å². The summed E-state index contributed by atoms with van der Waals surface area (Å²) in [5, 5.41) is 21.4. The van der Waals surface area contributed by atoms with Crippen LogP contribution in [-0.4, -0.2) is 0 Å². The largest absolute Gasteiger partial charge is 0.151 e. The number of thiophene rings is 12. The maximum Gasteiger partial charge on any atom is 0.0636 e. The Morgan fingerprint density at radius 2 is 0.780 bits per heavy atom. The van der Waals surface area contributed by atoms with Gasteiger partial charge >= 0.3 is 0 Å². The number of rotatable bonds is 3. The standard InChI is InChI=1S/C16H6S6.C8H4S3.C8H6S3.C4H3BrS/c1-3-17-13-7(1)19-11-5-9(21-15(11)13)10-6-12-16(22-10)14-8(20-12)2-4-18-14;1-3-9-7-5(1)11-6-2-4-10-8(6)7;1-3-9-5-7(1)11-8-2-4-10-6-8;5-4-1-2-6-3-4/h1-6H;1-4H;1-6H;1-3H. The lowest BCUT2D eigenvalue weighted by Crippen LogP contribution is -1.59. The molecule has 0 saturated carbocycles. The monoisotopic (exact) mass is 946 g/mol. The summed E-state index contributed by atoms with van der Waals surface area (Å²) in [6.45, 7) is 0. The molecule has 0 aliphatic heterocycles. The molecular weight excluding hydrogens is 929 g/mol. The van der Waals surface area contributed by atoms with Crippen LogP contribution in [0.5, 0.6) is 0 Å². The van der Waals surface area contributed by atoms with E-state index in [9.17, 15) is 0 Å². The van der Waals surface area contributed by atoms with Gasteiger partial charge in [-0.05, 0) is 108 Å². The van der Waals surface area contributed by atoms with Gasteiger partial charge in [0, 0.05) is 68.4 Å². The molecule has 0 nitrogen and oxygen atoms in total. The van der Waals surface area contributed by atoms with Crippen LogP contribution in [0.15, 0.2) is 123 Å². The van der Waals surface area contributed by atoms with Gasteiger partial charge in [-0.2, -0.15) is 34.0 Å². The molecule has 0 amide bonds. The molecule has 0 atom stereocenters. The van der Waals surface area contributed by atoms with E-state index >= 15 is 0 Å². The normalized spacial score (nSPS) is 11.4. The Labute approximate surface area is 347 Å². The summed E-state index contributed by atoms with van der Waals surface area (Å²) >= 11 is 27.4. The van der Waals surface area contributed by atoms with Gasteiger partial charge in [-0.3, -0.25) is 0 Å². The van der Waals surface area contributed by atoms with Crippen molar-refractivity contribution in [1.29, 1.82) is 0 Å². The zero-order chi connectivity index (χ0) is 33.4. The number of hydrogen-bond donors (Lipinski definition) is 0. The summed E-state index contributed by atoms with van der Waals surface area (Å²) in [5.41, 5.74) is 0. The molecule has 12 heterocycles. The minimum Gasteiger partial charge on any atom is -0.151 e. The molecular formula is C36H19BrS13. The van der Waals surface area contributed by atoms with E-state index in [2.05, 4.69) is 108 Å². The predicted molar refractivity (Wildman–Crippen MR) is 249 cm³/mol. The van der Waals surface area contributed by atoms with Crippen molar-refractivity contribution in [1.82, 2.24) is 0 Å². The molecule has 14 heteroatoms. The second-order valence-corrected chi connectivity index (χ2v) is 23.8. The maximum atomic E-state index is 3.29. The summed E-state index contributed by atoms with van der Waals surface area (Å²) in [6, 6.07) is 20.0. The van der Waals surface area contributed by atoms with Crippen LogP contribution >= 0.6 is 164 Å². The molecule has 0 spiro atoms. The Balaban J connectivity index is 0.000000101. The van der Waals surface area contributed by atoms with Crippen molar-refractivity contribution in [3.05, 3.63) is 113 Å². The minimum atomic E-state index is 1.17. The Hall–Kier alpha value is -1.21. The fraction of sp³-hybridized carbons (Fsp3) is 0. The van der Waals surface area contributed by atoms with Crippen LogP contribution in [0.4, 0.5) is 0 Å². The van der Waals surface area contributed by atoms with Crippen molar-refractivity contribution < 1.29 is 0 Å². The molecule has 0 aliphatic carbocycles. The first-order valence-electron chi connectivity index (χ1n) is 14.7. The van der Waals surface area contributed by atoms with E-state index < -0.39 is 0 Å². The highest BCUT2D eigenvalue weighted by molar-refractivity contribution is 9.10. The second-order valence-electron chi connectivity index (χ2n) is 10.3. The molecule has 0 saturated heterocycles. The summed E-state index contributed by atoms with van der Waals surface area (Å²) in [6.07, 6.45) is 0. The van der Waals surface area contributed by atoms with Gasteiger partial charge in [-0.15, -0.1) is 102 Å². The molecule has 0 radical (unpaired) electrons. The zero-order valence-corrected chi connectivity index (χ0v) is 37.4. The fourth-order valence-corrected chi connectivity index (χ4v) is 19.7. The van der Waals surface area contributed by atoms with Crippen LogP contribution in [0.3, 0.4) is 0 Å². The maximum absolute atomic E-state index is 3.29. The zero-order valence-electron chi connectivity index (χ0n) is 25.2. The molecule has 248 valence electrons. The molecule has 0 unspecified atom stereocenters. The number of hydrogen-bond acceptors (Lipinski definition) is 13. The van der Waals surface area contributed by atoms with E-state index in [4.69, 9.17) is 0 Å². The van der Waals surface area contributed by atoms with Crippen LogP contribution in [0.1, 0.15) is 0 Å². The van der Waals surface area contributed by atoms with E-state index in [1.54, 1.807) is 34.0 Å². The average molecular weight is 948 g/mol. The second kappa shape index (κ2) is 15.6. The van der Waals surface area contributed by atoms with Crippen molar-refractivity contribution in [2.24, 2.45) is 0 Å². The first kappa shape index (κ1) is 34.6. The van der Waals surface area contributed by atoms with Gasteiger partial charge in [0.25, 0.3) is 0 Å². The highest BCUT2D eigenvalue weighted by Crippen LogP contribution is 2.50. The summed E-state index contributed by atoms with van der Waals surface area (Å²) in [4.78, 5) is 5.53. The topological polar surface area (TPSA) is 0 Å². The van der Waals surface area contributed by atoms with E-state index in [1.807, 2.05) is 131 Å². The first-order valence-corrected chi connectivity index (χ1v) is 26.7. The van der Waals surface area contributed by atoms with Crippen molar-refractivity contribution in [2.75, 3.05) is 0 Å². The van der Waals surface area contributed by atoms with Crippen molar-refractivity contribution in [3.8, 4) is 9.75 Å². The van der Waals surface area contributed by atoms with Gasteiger partial charge in [0.15, 0.2) is 0 Å². The average Bonchev–Trinajstić information content (AvgIpc) is 3.94. The van der Waals surface area contributed by atoms with Crippen molar-refractivity contribution in [3.63, 3.8) is 0 Å². The Morgan fingerprint density at radius 1 is 0.380 bits per heavy atom. The minimum absolute atomic E-state index is 1.17. The first-order chi connectivity index (χ1) is 24.7. The Kier molecular flexibility index (Phi) is 10.8. The van der Waals surface area contributed by atoms with Crippen LogP contribution in [0, 0.1) is 0 Å². The lowest BCUT2D eigenvalue weighted by atomic mass is 10.3. The van der Waals surface area contributed by atoms with Crippen LogP contribution in [0.2, 0.25) is 0 Å². The van der Waals surface area contributed by atoms with Gasteiger partial charge in [0.05, 0.1) is 28.2 Å². The molecule has 50 heavy (non-hydrogen) atoms. The van der Waals surface area contributed by atoms with Gasteiger partial charge < -0.3 is 0 Å². The van der Waals surface area contributed by atoms with Crippen molar-refractivity contribution >= 4 is 220 Å². The van der Waals surface area contributed by atoms with E-state index in [-0.39, 0.29) is 0 Å². The summed E-state index contributed by atoms with van der Waals surface area (Å²) in [5.74, 6) is 0. The summed E-state index contributed by atoms with van der Waals surface area (Å²) < 4.78 is 18.6. The Bertz CT molecular complexity index is 2690. The fourth-order valence-electron chi connectivity index (χ4n) is 4.99. The summed E-state index contributed by atoms with van der Waals surface area (Å²) in [7, 11) is 0. The smallest absolute Gasteiger partial charge is 0.0636 e. The van der Waals surface area contributed by atoms with Crippen LogP contribution < -0.4 is 0 Å². The molecule has 0 aromatic carbocycles. The van der Waals surface area contributed by atoms with Crippen LogP contribution in [0.25, 0.3) is 66.2 Å². The quantitative estimate of drug-likeness (QED) is 0.170. The van der Waals surface area contributed by atoms with Gasteiger partial charge in [-0.25, -0.2) is 0 Å². The lowest BCUT2D eigenvalue weighted by molar-refractivity contribution is 1.52. The van der Waals surface area contributed by atoms with E-state index in [0.29, 0.717) is 0 Å². The molecule has 0 fully saturated rings. The van der Waals surface area contributed by atoms with E-state index in [0.717, 1.165) is 0 Å². The SMILES string of the molecule is Brc1ccsc1.c1cc(Sc2ccsc2)cs1.c1cc2sc3cc(-c4cc5sc6ccsc6c5s4)sc3c2s1.c1cc2sc3ccsc3c2s1.